The lowest BCUT2D eigenvalue weighted by molar-refractivity contribution is -0.137. The molecule has 27 heavy (non-hydrogen) atoms. The number of piperazine rings is 1. The van der Waals surface area contributed by atoms with Crippen molar-refractivity contribution < 1.29 is 21.6 Å². The van der Waals surface area contributed by atoms with Gasteiger partial charge in [-0.05, 0) is 24.3 Å². The number of rotatable bonds is 4. The molecule has 1 aromatic heterocycles. The van der Waals surface area contributed by atoms with Gasteiger partial charge in [0.25, 0.3) is 0 Å². The van der Waals surface area contributed by atoms with Crippen molar-refractivity contribution in [3.8, 4) is 0 Å². The molecule has 0 radical (unpaired) electrons. The molecule has 0 aliphatic carbocycles. The quantitative estimate of drug-likeness (QED) is 0.847. The summed E-state index contributed by atoms with van der Waals surface area (Å²) in [4.78, 5) is 10.2. The Hall–Kier alpha value is -2.40. The maximum atomic E-state index is 12.6. The van der Waals surface area contributed by atoms with Crippen molar-refractivity contribution in [2.24, 2.45) is 0 Å². The fraction of sp³-hybridized carbons (Fsp3) is 0.375. The molecule has 146 valence electrons. The fourth-order valence-electron chi connectivity index (χ4n) is 2.73. The lowest BCUT2D eigenvalue weighted by Crippen LogP contribution is -2.48. The lowest BCUT2D eigenvalue weighted by Gasteiger charge is -2.33. The van der Waals surface area contributed by atoms with Crippen LogP contribution < -0.4 is 10.2 Å². The van der Waals surface area contributed by atoms with Crippen LogP contribution in [-0.4, -0.2) is 55.1 Å². The van der Waals surface area contributed by atoms with Crippen LogP contribution in [0.2, 0.25) is 0 Å². The molecule has 0 spiro atoms. The standard InChI is InChI=1S/C16H18F3N5O2S/c1-27(25,26)24-8-6-23(7-9-24)15-10-14(20-11-21-15)22-13-4-2-12(3-5-13)16(17,18)19/h2-5,10-11H,6-9H2,1H3,(H,20,21,22). The van der Waals surface area contributed by atoms with Crippen molar-refractivity contribution in [1.82, 2.24) is 14.3 Å². The molecule has 1 aliphatic rings. The van der Waals surface area contributed by atoms with Crippen LogP contribution >= 0.6 is 0 Å². The van der Waals surface area contributed by atoms with Crippen LogP contribution in [0.4, 0.5) is 30.5 Å². The Labute approximate surface area is 154 Å². The fourth-order valence-corrected chi connectivity index (χ4v) is 3.55. The van der Waals surface area contributed by atoms with E-state index in [-0.39, 0.29) is 0 Å². The molecule has 3 rings (SSSR count). The molecule has 7 nitrogen and oxygen atoms in total. The first-order valence-corrected chi connectivity index (χ1v) is 9.94. The molecule has 1 aliphatic heterocycles. The van der Waals surface area contributed by atoms with Gasteiger partial charge in [0.1, 0.15) is 18.0 Å². The number of alkyl halides is 3. The summed E-state index contributed by atoms with van der Waals surface area (Å²) in [7, 11) is -3.21. The van der Waals surface area contributed by atoms with Crippen LogP contribution in [-0.2, 0) is 16.2 Å². The molecule has 0 bridgehead atoms. The maximum absolute atomic E-state index is 12.6. The third kappa shape index (κ3) is 4.86. The summed E-state index contributed by atoms with van der Waals surface area (Å²) < 4.78 is 62.4. The van der Waals surface area contributed by atoms with Crippen molar-refractivity contribution in [2.75, 3.05) is 42.7 Å². The van der Waals surface area contributed by atoms with E-state index in [9.17, 15) is 21.6 Å². The number of sulfonamides is 1. The van der Waals surface area contributed by atoms with E-state index in [0.717, 1.165) is 12.1 Å². The first-order chi connectivity index (χ1) is 12.6. The van der Waals surface area contributed by atoms with E-state index >= 15 is 0 Å². The summed E-state index contributed by atoms with van der Waals surface area (Å²) in [6, 6.07) is 6.32. The van der Waals surface area contributed by atoms with E-state index in [0.29, 0.717) is 43.5 Å². The van der Waals surface area contributed by atoms with Crippen LogP contribution in [0.3, 0.4) is 0 Å². The zero-order valence-corrected chi connectivity index (χ0v) is 15.3. The van der Waals surface area contributed by atoms with Gasteiger partial charge < -0.3 is 10.2 Å². The van der Waals surface area contributed by atoms with Gasteiger partial charge in [-0.25, -0.2) is 18.4 Å². The van der Waals surface area contributed by atoms with E-state index in [1.165, 1.54) is 29.0 Å². The van der Waals surface area contributed by atoms with Crippen molar-refractivity contribution >= 4 is 27.3 Å². The van der Waals surface area contributed by atoms with Crippen LogP contribution in [0, 0.1) is 0 Å². The van der Waals surface area contributed by atoms with Gasteiger partial charge in [-0.3, -0.25) is 0 Å². The predicted molar refractivity (Wildman–Crippen MR) is 95.4 cm³/mol. The van der Waals surface area contributed by atoms with Gasteiger partial charge in [0.2, 0.25) is 10.0 Å². The Morgan fingerprint density at radius 3 is 2.22 bits per heavy atom. The molecule has 1 aromatic carbocycles. The molecule has 0 amide bonds. The molecule has 1 saturated heterocycles. The van der Waals surface area contributed by atoms with Crippen LogP contribution in [0.1, 0.15) is 5.56 Å². The van der Waals surface area contributed by atoms with Gasteiger partial charge in [0.05, 0.1) is 11.8 Å². The molecule has 0 saturated carbocycles. The summed E-state index contributed by atoms with van der Waals surface area (Å²) in [5.74, 6) is 1.05. The van der Waals surface area contributed by atoms with Crippen LogP contribution in [0.15, 0.2) is 36.7 Å². The van der Waals surface area contributed by atoms with Crippen molar-refractivity contribution in [1.29, 1.82) is 0 Å². The van der Waals surface area contributed by atoms with E-state index in [1.54, 1.807) is 6.07 Å². The number of aromatic nitrogens is 2. The number of nitrogens with one attached hydrogen (secondary N) is 1. The highest BCUT2D eigenvalue weighted by Gasteiger charge is 2.30. The number of benzene rings is 1. The highest BCUT2D eigenvalue weighted by atomic mass is 32.2. The van der Waals surface area contributed by atoms with E-state index in [2.05, 4.69) is 15.3 Å². The number of nitrogens with zero attached hydrogens (tertiary/aromatic N) is 4. The highest BCUT2D eigenvalue weighted by Crippen LogP contribution is 2.30. The Bertz CT molecular complexity index is 895. The Balaban J connectivity index is 1.68. The minimum absolute atomic E-state index is 0.366. The average molecular weight is 401 g/mol. The molecular formula is C16H18F3N5O2S. The van der Waals surface area contributed by atoms with Gasteiger partial charge in [-0.15, -0.1) is 0 Å². The van der Waals surface area contributed by atoms with E-state index in [4.69, 9.17) is 0 Å². The molecule has 0 atom stereocenters. The summed E-state index contributed by atoms with van der Waals surface area (Å²) in [6.07, 6.45) is -1.85. The maximum Gasteiger partial charge on any atom is 0.416 e. The number of halogens is 3. The summed E-state index contributed by atoms with van der Waals surface area (Å²) in [6.45, 7) is 1.71. The number of hydrogen-bond donors (Lipinski definition) is 1. The molecule has 2 heterocycles. The molecular weight excluding hydrogens is 383 g/mol. The molecule has 11 heteroatoms. The summed E-state index contributed by atoms with van der Waals surface area (Å²) >= 11 is 0. The first kappa shape index (κ1) is 19.4. The molecule has 1 fully saturated rings. The van der Waals surface area contributed by atoms with Crippen molar-refractivity contribution in [3.63, 3.8) is 0 Å². The molecule has 1 N–H and O–H groups in total. The minimum Gasteiger partial charge on any atom is -0.354 e. The van der Waals surface area contributed by atoms with E-state index < -0.39 is 21.8 Å². The molecule has 0 unspecified atom stereocenters. The van der Waals surface area contributed by atoms with Gasteiger partial charge in [-0.1, -0.05) is 0 Å². The third-order valence-electron chi connectivity index (χ3n) is 4.17. The van der Waals surface area contributed by atoms with Crippen molar-refractivity contribution in [2.45, 2.75) is 6.18 Å². The zero-order valence-electron chi connectivity index (χ0n) is 14.4. The largest absolute Gasteiger partial charge is 0.416 e. The van der Waals surface area contributed by atoms with Crippen LogP contribution in [0.5, 0.6) is 0 Å². The van der Waals surface area contributed by atoms with Gasteiger partial charge >= 0.3 is 6.18 Å². The highest BCUT2D eigenvalue weighted by molar-refractivity contribution is 7.88. The normalized spacial score (nSPS) is 16.4. The summed E-state index contributed by atoms with van der Waals surface area (Å²) in [5, 5.41) is 2.94. The Morgan fingerprint density at radius 1 is 1.04 bits per heavy atom. The predicted octanol–water partition coefficient (Wildman–Crippen LogP) is 2.32. The minimum atomic E-state index is -4.38. The third-order valence-corrected chi connectivity index (χ3v) is 5.47. The number of anilines is 3. The van der Waals surface area contributed by atoms with Gasteiger partial charge in [0.15, 0.2) is 0 Å². The van der Waals surface area contributed by atoms with Gasteiger partial charge in [-0.2, -0.15) is 17.5 Å². The second-order valence-corrected chi connectivity index (χ2v) is 8.09. The lowest BCUT2D eigenvalue weighted by atomic mass is 10.2. The Morgan fingerprint density at radius 2 is 1.67 bits per heavy atom. The SMILES string of the molecule is CS(=O)(=O)N1CCN(c2cc(Nc3ccc(C(F)(F)F)cc3)ncn2)CC1. The van der Waals surface area contributed by atoms with Gasteiger partial charge in [0, 0.05) is 37.9 Å². The zero-order chi connectivity index (χ0) is 19.7. The smallest absolute Gasteiger partial charge is 0.354 e. The second kappa shape index (κ2) is 7.31. The first-order valence-electron chi connectivity index (χ1n) is 8.09. The summed E-state index contributed by atoms with van der Waals surface area (Å²) in [5.41, 5.74) is -0.255. The van der Waals surface area contributed by atoms with Crippen molar-refractivity contribution in [3.05, 3.63) is 42.2 Å². The topological polar surface area (TPSA) is 78.4 Å². The Kier molecular flexibility index (Phi) is 5.24. The number of hydrogen-bond acceptors (Lipinski definition) is 6. The molecule has 2 aromatic rings. The second-order valence-electron chi connectivity index (χ2n) is 6.11. The monoisotopic (exact) mass is 401 g/mol. The van der Waals surface area contributed by atoms with Crippen LogP contribution in [0.25, 0.3) is 0 Å². The average Bonchev–Trinajstić information content (AvgIpc) is 2.61. The van der Waals surface area contributed by atoms with E-state index in [1.807, 2.05) is 4.90 Å².